The van der Waals surface area contributed by atoms with Gasteiger partial charge >= 0.3 is 6.18 Å². The molecular formula is C13H13BrF3NO2. The highest BCUT2D eigenvalue weighted by Gasteiger charge is 2.37. The van der Waals surface area contributed by atoms with Crippen molar-refractivity contribution in [3.8, 4) is 0 Å². The van der Waals surface area contributed by atoms with Crippen molar-refractivity contribution in [1.29, 1.82) is 0 Å². The second kappa shape index (κ2) is 6.90. The van der Waals surface area contributed by atoms with Gasteiger partial charge in [-0.15, -0.1) is 0 Å². The van der Waals surface area contributed by atoms with Crippen LogP contribution in [-0.4, -0.2) is 29.8 Å². The molecule has 2 N–H and O–H groups in total. The van der Waals surface area contributed by atoms with Gasteiger partial charge in [-0.2, -0.15) is 13.2 Å². The van der Waals surface area contributed by atoms with Crippen molar-refractivity contribution in [2.45, 2.75) is 19.2 Å². The highest BCUT2D eigenvalue weighted by molar-refractivity contribution is 9.10. The number of amides is 1. The zero-order valence-electron chi connectivity index (χ0n) is 10.5. The smallest absolute Gasteiger partial charge is 0.382 e. The molecule has 1 rings (SSSR count). The molecule has 0 spiro atoms. The largest absolute Gasteiger partial charge is 0.416 e. The van der Waals surface area contributed by atoms with E-state index < -0.39 is 24.7 Å². The molecule has 0 saturated carbocycles. The van der Waals surface area contributed by atoms with Crippen molar-refractivity contribution < 1.29 is 23.1 Å². The van der Waals surface area contributed by atoms with E-state index in [1.807, 2.05) is 24.4 Å². The number of aryl methyl sites for hydroxylation is 1. The summed E-state index contributed by atoms with van der Waals surface area (Å²) < 4.78 is 36.8. The Kier molecular flexibility index (Phi) is 5.76. The summed E-state index contributed by atoms with van der Waals surface area (Å²) in [6.07, 6.45) is -4.72. The molecule has 1 aromatic carbocycles. The molecule has 1 unspecified atom stereocenters. The van der Waals surface area contributed by atoms with Crippen LogP contribution in [0.25, 0.3) is 6.08 Å². The molecule has 110 valence electrons. The number of halogens is 4. The lowest BCUT2D eigenvalue weighted by Gasteiger charge is -2.14. The van der Waals surface area contributed by atoms with Crippen molar-refractivity contribution in [1.82, 2.24) is 5.32 Å². The minimum absolute atomic E-state index is 0.708. The summed E-state index contributed by atoms with van der Waals surface area (Å²) in [6, 6.07) is 5.47. The number of aliphatic hydroxyl groups is 1. The Morgan fingerprint density at radius 2 is 2.15 bits per heavy atom. The molecule has 3 nitrogen and oxygen atoms in total. The van der Waals surface area contributed by atoms with Crippen molar-refractivity contribution in [3.05, 3.63) is 39.9 Å². The third kappa shape index (κ3) is 5.34. The fourth-order valence-electron chi connectivity index (χ4n) is 1.30. The number of nitrogens with one attached hydrogen (secondary N) is 1. The summed E-state index contributed by atoms with van der Waals surface area (Å²) in [7, 11) is 0. The Bertz CT molecular complexity index is 515. The molecule has 7 heteroatoms. The minimum atomic E-state index is -4.74. The van der Waals surface area contributed by atoms with Crippen LogP contribution in [0, 0.1) is 6.92 Å². The maximum absolute atomic E-state index is 12.0. The van der Waals surface area contributed by atoms with Crippen molar-refractivity contribution in [3.63, 3.8) is 0 Å². The Morgan fingerprint density at radius 3 is 2.70 bits per heavy atom. The van der Waals surface area contributed by atoms with Crippen molar-refractivity contribution in [2.75, 3.05) is 6.54 Å². The number of carbonyl (C=O) groups excluding carboxylic acids is 1. The van der Waals surface area contributed by atoms with E-state index in [2.05, 4.69) is 15.9 Å². The van der Waals surface area contributed by atoms with Crippen LogP contribution in [-0.2, 0) is 4.79 Å². The Morgan fingerprint density at radius 1 is 1.50 bits per heavy atom. The van der Waals surface area contributed by atoms with Crippen LogP contribution in [0.2, 0.25) is 0 Å². The van der Waals surface area contributed by atoms with Gasteiger partial charge in [-0.05, 0) is 30.2 Å². The fraction of sp³-hybridized carbons (Fsp3) is 0.308. The van der Waals surface area contributed by atoms with E-state index in [4.69, 9.17) is 5.11 Å². The van der Waals surface area contributed by atoms with E-state index in [9.17, 15) is 18.0 Å². The van der Waals surface area contributed by atoms with Gasteiger partial charge < -0.3 is 10.4 Å². The standard InChI is InChI=1S/C13H13BrF3NO2/c1-8-2-3-9(10(14)6-8)4-5-12(20)18-7-11(19)13(15,16)17/h2-6,11,19H,7H2,1H3,(H,18,20)/b5-4+. The zero-order chi connectivity index (χ0) is 15.3. The molecule has 0 heterocycles. The maximum atomic E-state index is 12.0. The van der Waals surface area contributed by atoms with Gasteiger partial charge in [-0.25, -0.2) is 0 Å². The highest BCUT2D eigenvalue weighted by Crippen LogP contribution is 2.20. The number of rotatable bonds is 4. The van der Waals surface area contributed by atoms with Crippen LogP contribution >= 0.6 is 15.9 Å². The first-order valence-electron chi connectivity index (χ1n) is 5.67. The molecule has 0 radical (unpaired) electrons. The molecule has 0 fully saturated rings. The molecule has 0 aromatic heterocycles. The summed E-state index contributed by atoms with van der Waals surface area (Å²) >= 11 is 3.31. The van der Waals surface area contributed by atoms with Gasteiger partial charge in [0.25, 0.3) is 0 Å². The van der Waals surface area contributed by atoms with Gasteiger partial charge in [0.1, 0.15) is 0 Å². The topological polar surface area (TPSA) is 49.3 Å². The lowest BCUT2D eigenvalue weighted by atomic mass is 10.1. The molecule has 0 saturated heterocycles. The van der Waals surface area contributed by atoms with Gasteiger partial charge in [0.2, 0.25) is 5.91 Å². The van der Waals surface area contributed by atoms with E-state index in [1.165, 1.54) is 6.08 Å². The summed E-state index contributed by atoms with van der Waals surface area (Å²) in [6.45, 7) is 1.03. The summed E-state index contributed by atoms with van der Waals surface area (Å²) in [5, 5.41) is 10.7. The normalized spacial score (nSPS) is 13.5. The number of aliphatic hydroxyl groups excluding tert-OH is 1. The van der Waals surface area contributed by atoms with E-state index in [0.29, 0.717) is 0 Å². The van der Waals surface area contributed by atoms with Crippen molar-refractivity contribution in [2.24, 2.45) is 0 Å². The van der Waals surface area contributed by atoms with E-state index in [-0.39, 0.29) is 0 Å². The first kappa shape index (κ1) is 16.7. The Balaban J connectivity index is 2.56. The van der Waals surface area contributed by atoms with Gasteiger partial charge in [-0.1, -0.05) is 28.1 Å². The second-order valence-corrected chi connectivity index (χ2v) is 5.02. The average Bonchev–Trinajstić information content (AvgIpc) is 2.33. The van der Waals surface area contributed by atoms with E-state index >= 15 is 0 Å². The summed E-state index contributed by atoms with van der Waals surface area (Å²) in [4.78, 5) is 11.3. The lowest BCUT2D eigenvalue weighted by molar-refractivity contribution is -0.201. The van der Waals surface area contributed by atoms with Crippen LogP contribution in [0.3, 0.4) is 0 Å². The quantitative estimate of drug-likeness (QED) is 0.819. The molecule has 1 atom stereocenters. The minimum Gasteiger partial charge on any atom is -0.382 e. The first-order chi connectivity index (χ1) is 9.20. The van der Waals surface area contributed by atoms with Gasteiger partial charge in [0, 0.05) is 10.5 Å². The number of benzene rings is 1. The number of carbonyl (C=O) groups is 1. The Labute approximate surface area is 122 Å². The molecule has 0 bridgehead atoms. The number of alkyl halides is 3. The highest BCUT2D eigenvalue weighted by atomic mass is 79.9. The second-order valence-electron chi connectivity index (χ2n) is 4.16. The predicted octanol–water partition coefficient (Wildman–Crippen LogP) is 2.81. The summed E-state index contributed by atoms with van der Waals surface area (Å²) in [5.74, 6) is -0.708. The van der Waals surface area contributed by atoms with E-state index in [1.54, 1.807) is 6.07 Å². The maximum Gasteiger partial charge on any atom is 0.416 e. The SMILES string of the molecule is Cc1ccc(/C=C/C(=O)NCC(O)C(F)(F)F)c(Br)c1. The third-order valence-electron chi connectivity index (χ3n) is 2.42. The molecule has 1 aromatic rings. The monoisotopic (exact) mass is 351 g/mol. The molecule has 0 aliphatic carbocycles. The van der Waals surface area contributed by atoms with Crippen LogP contribution in [0.1, 0.15) is 11.1 Å². The molecule has 0 aliphatic heterocycles. The van der Waals surface area contributed by atoms with E-state index in [0.717, 1.165) is 21.7 Å². The van der Waals surface area contributed by atoms with Gasteiger partial charge in [-0.3, -0.25) is 4.79 Å². The number of hydrogen-bond acceptors (Lipinski definition) is 2. The lowest BCUT2D eigenvalue weighted by Crippen LogP contribution is -2.40. The van der Waals surface area contributed by atoms with Crippen LogP contribution in [0.5, 0.6) is 0 Å². The van der Waals surface area contributed by atoms with Gasteiger partial charge in [0.05, 0.1) is 6.54 Å². The van der Waals surface area contributed by atoms with Crippen LogP contribution in [0.4, 0.5) is 13.2 Å². The molecule has 20 heavy (non-hydrogen) atoms. The number of hydrogen-bond donors (Lipinski definition) is 2. The average molecular weight is 352 g/mol. The van der Waals surface area contributed by atoms with Crippen molar-refractivity contribution >= 4 is 27.9 Å². The zero-order valence-corrected chi connectivity index (χ0v) is 12.1. The van der Waals surface area contributed by atoms with Crippen LogP contribution < -0.4 is 5.32 Å². The molecule has 0 aliphatic rings. The van der Waals surface area contributed by atoms with Gasteiger partial charge in [0.15, 0.2) is 6.10 Å². The molecule has 1 amide bonds. The fourth-order valence-corrected chi connectivity index (χ4v) is 1.93. The summed E-state index contributed by atoms with van der Waals surface area (Å²) in [5.41, 5.74) is 1.76. The Hall–Kier alpha value is -1.34. The molecular weight excluding hydrogens is 339 g/mol. The van der Waals surface area contributed by atoms with Crippen LogP contribution in [0.15, 0.2) is 28.7 Å². The predicted molar refractivity (Wildman–Crippen MR) is 73.0 cm³/mol. The third-order valence-corrected chi connectivity index (χ3v) is 3.10. The first-order valence-corrected chi connectivity index (χ1v) is 6.46.